The Balaban J connectivity index is 2.27. The monoisotopic (exact) mass is 225 g/mol. The number of nitrogens with one attached hydrogen (secondary N) is 1. The molecule has 0 spiro atoms. The van der Waals surface area contributed by atoms with Crippen molar-refractivity contribution in [3.63, 3.8) is 0 Å². The van der Waals surface area contributed by atoms with Crippen molar-refractivity contribution in [3.05, 3.63) is 0 Å². The molecule has 0 unspecified atom stereocenters. The molecular formula is C13H27N3. The number of nitrogens with zero attached hydrogens (tertiary/aromatic N) is 1. The van der Waals surface area contributed by atoms with Crippen molar-refractivity contribution in [3.8, 4) is 0 Å². The fraction of sp³-hybridized carbons (Fsp3) is 0.923. The SMILES string of the molecule is CCCCNC(N)=NCC1(CCC)CCC1. The molecule has 1 rings (SSSR count). The van der Waals surface area contributed by atoms with E-state index in [0.29, 0.717) is 11.4 Å². The Morgan fingerprint density at radius 2 is 2.06 bits per heavy atom. The topological polar surface area (TPSA) is 50.4 Å². The molecule has 0 atom stereocenters. The van der Waals surface area contributed by atoms with Crippen molar-refractivity contribution >= 4 is 5.96 Å². The predicted octanol–water partition coefficient (Wildman–Crippen LogP) is 2.66. The van der Waals surface area contributed by atoms with Crippen molar-refractivity contribution in [2.24, 2.45) is 16.1 Å². The third kappa shape index (κ3) is 4.03. The van der Waals surface area contributed by atoms with Crippen molar-refractivity contribution in [1.29, 1.82) is 0 Å². The lowest BCUT2D eigenvalue weighted by molar-refractivity contribution is 0.130. The molecule has 1 fully saturated rings. The first-order valence-electron chi connectivity index (χ1n) is 6.76. The molecule has 0 bridgehead atoms. The molecule has 0 aromatic heterocycles. The molecule has 0 heterocycles. The number of hydrogen-bond donors (Lipinski definition) is 2. The molecule has 0 aromatic rings. The van der Waals surface area contributed by atoms with E-state index in [1.54, 1.807) is 0 Å². The van der Waals surface area contributed by atoms with E-state index in [4.69, 9.17) is 5.73 Å². The lowest BCUT2D eigenvalue weighted by atomic mass is 9.66. The molecule has 16 heavy (non-hydrogen) atoms. The quantitative estimate of drug-likeness (QED) is 0.397. The van der Waals surface area contributed by atoms with Crippen LogP contribution in [0.3, 0.4) is 0 Å². The lowest BCUT2D eigenvalue weighted by Gasteiger charge is -2.40. The Labute approximate surface area is 99.9 Å². The molecule has 0 saturated heterocycles. The summed E-state index contributed by atoms with van der Waals surface area (Å²) in [6.45, 7) is 6.31. The Hall–Kier alpha value is -0.730. The van der Waals surface area contributed by atoms with Crippen molar-refractivity contribution in [2.45, 2.75) is 58.8 Å². The van der Waals surface area contributed by atoms with Crippen LogP contribution in [0.1, 0.15) is 58.8 Å². The van der Waals surface area contributed by atoms with Crippen LogP contribution in [0.15, 0.2) is 4.99 Å². The van der Waals surface area contributed by atoms with Crippen molar-refractivity contribution < 1.29 is 0 Å². The van der Waals surface area contributed by atoms with Gasteiger partial charge in [0.05, 0.1) is 0 Å². The molecule has 1 saturated carbocycles. The van der Waals surface area contributed by atoms with Crippen LogP contribution in [0, 0.1) is 5.41 Å². The molecule has 3 N–H and O–H groups in total. The highest BCUT2D eigenvalue weighted by Crippen LogP contribution is 2.44. The Morgan fingerprint density at radius 1 is 1.31 bits per heavy atom. The standard InChI is InChI=1S/C13H27N3/c1-3-5-10-15-12(14)16-11-13(7-4-2)8-6-9-13/h3-11H2,1-2H3,(H3,14,15,16). The van der Waals surface area contributed by atoms with Gasteiger partial charge in [-0.1, -0.05) is 33.1 Å². The summed E-state index contributed by atoms with van der Waals surface area (Å²) in [5.74, 6) is 0.635. The molecule has 1 aliphatic carbocycles. The van der Waals surface area contributed by atoms with Crippen LogP contribution in [0.5, 0.6) is 0 Å². The Kier molecular flexibility index (Phi) is 5.64. The minimum Gasteiger partial charge on any atom is -0.370 e. The predicted molar refractivity (Wildman–Crippen MR) is 70.6 cm³/mol. The first-order valence-corrected chi connectivity index (χ1v) is 6.76. The number of rotatable bonds is 7. The van der Waals surface area contributed by atoms with Crippen LogP contribution in [-0.2, 0) is 0 Å². The van der Waals surface area contributed by atoms with Crippen LogP contribution in [0.25, 0.3) is 0 Å². The zero-order valence-electron chi connectivity index (χ0n) is 10.9. The minimum absolute atomic E-state index is 0.492. The molecule has 0 aliphatic heterocycles. The maximum Gasteiger partial charge on any atom is 0.188 e. The van der Waals surface area contributed by atoms with Gasteiger partial charge in [-0.3, -0.25) is 4.99 Å². The highest BCUT2D eigenvalue weighted by atomic mass is 15.1. The van der Waals surface area contributed by atoms with E-state index in [1.165, 1.54) is 38.5 Å². The average Bonchev–Trinajstić information content (AvgIpc) is 2.22. The molecule has 3 nitrogen and oxygen atoms in total. The maximum atomic E-state index is 5.84. The normalized spacial score (nSPS) is 19.2. The molecule has 0 radical (unpaired) electrons. The first-order chi connectivity index (χ1) is 7.72. The average molecular weight is 225 g/mol. The number of aliphatic imine (C=N–C) groups is 1. The van der Waals surface area contributed by atoms with Gasteiger partial charge in [-0.25, -0.2) is 0 Å². The van der Waals surface area contributed by atoms with Crippen LogP contribution in [-0.4, -0.2) is 19.0 Å². The summed E-state index contributed by atoms with van der Waals surface area (Å²) in [5, 5.41) is 3.17. The summed E-state index contributed by atoms with van der Waals surface area (Å²) in [4.78, 5) is 4.49. The number of hydrogen-bond acceptors (Lipinski definition) is 1. The molecule has 0 aromatic carbocycles. The summed E-state index contributed by atoms with van der Waals surface area (Å²) in [5.41, 5.74) is 6.33. The highest BCUT2D eigenvalue weighted by molar-refractivity contribution is 5.77. The van der Waals surface area contributed by atoms with Crippen LogP contribution >= 0.6 is 0 Å². The second-order valence-corrected chi connectivity index (χ2v) is 5.09. The highest BCUT2D eigenvalue weighted by Gasteiger charge is 2.35. The fourth-order valence-electron chi connectivity index (χ4n) is 2.40. The van der Waals surface area contributed by atoms with Gasteiger partial charge < -0.3 is 11.1 Å². The van der Waals surface area contributed by atoms with E-state index >= 15 is 0 Å². The van der Waals surface area contributed by atoms with Crippen molar-refractivity contribution in [2.75, 3.05) is 13.1 Å². The van der Waals surface area contributed by atoms with E-state index in [0.717, 1.165) is 19.5 Å². The summed E-state index contributed by atoms with van der Waals surface area (Å²) < 4.78 is 0. The molecule has 3 heteroatoms. The summed E-state index contributed by atoms with van der Waals surface area (Å²) in [7, 11) is 0. The Morgan fingerprint density at radius 3 is 2.56 bits per heavy atom. The van der Waals surface area contributed by atoms with Crippen LogP contribution < -0.4 is 11.1 Å². The minimum atomic E-state index is 0.492. The lowest BCUT2D eigenvalue weighted by Crippen LogP contribution is -2.37. The van der Waals surface area contributed by atoms with Gasteiger partial charge in [0.1, 0.15) is 0 Å². The van der Waals surface area contributed by atoms with Gasteiger partial charge in [0.15, 0.2) is 5.96 Å². The van der Waals surface area contributed by atoms with Gasteiger partial charge >= 0.3 is 0 Å². The van der Waals surface area contributed by atoms with Gasteiger partial charge in [-0.2, -0.15) is 0 Å². The third-order valence-corrected chi connectivity index (χ3v) is 3.62. The molecule has 1 aliphatic rings. The van der Waals surface area contributed by atoms with Gasteiger partial charge in [-0.05, 0) is 31.1 Å². The smallest absolute Gasteiger partial charge is 0.188 e. The van der Waals surface area contributed by atoms with E-state index in [9.17, 15) is 0 Å². The van der Waals surface area contributed by atoms with E-state index in [1.807, 2.05) is 0 Å². The molecule has 0 amide bonds. The van der Waals surface area contributed by atoms with E-state index < -0.39 is 0 Å². The zero-order valence-corrected chi connectivity index (χ0v) is 10.9. The Bertz CT molecular complexity index is 219. The number of guanidine groups is 1. The van der Waals surface area contributed by atoms with Gasteiger partial charge in [0.25, 0.3) is 0 Å². The second kappa shape index (κ2) is 6.77. The van der Waals surface area contributed by atoms with Crippen molar-refractivity contribution in [1.82, 2.24) is 5.32 Å². The van der Waals surface area contributed by atoms with Crippen LogP contribution in [0.2, 0.25) is 0 Å². The third-order valence-electron chi connectivity index (χ3n) is 3.62. The summed E-state index contributed by atoms with van der Waals surface area (Å²) in [6, 6.07) is 0. The van der Waals surface area contributed by atoms with E-state index in [2.05, 4.69) is 24.2 Å². The van der Waals surface area contributed by atoms with Gasteiger partial charge in [-0.15, -0.1) is 0 Å². The first kappa shape index (κ1) is 13.3. The summed E-state index contributed by atoms with van der Waals surface area (Å²) >= 11 is 0. The van der Waals surface area contributed by atoms with Gasteiger partial charge in [0.2, 0.25) is 0 Å². The molecule has 94 valence electrons. The number of nitrogens with two attached hydrogens (primary N) is 1. The zero-order chi connectivity index (χ0) is 11.9. The summed E-state index contributed by atoms with van der Waals surface area (Å²) in [6.07, 6.45) is 8.98. The van der Waals surface area contributed by atoms with E-state index in [-0.39, 0.29) is 0 Å². The fourth-order valence-corrected chi connectivity index (χ4v) is 2.40. The maximum absolute atomic E-state index is 5.84. The van der Waals surface area contributed by atoms with Gasteiger partial charge in [0, 0.05) is 13.1 Å². The van der Waals surface area contributed by atoms with Crippen LogP contribution in [0.4, 0.5) is 0 Å². The number of unbranched alkanes of at least 4 members (excludes halogenated alkanes) is 1. The second-order valence-electron chi connectivity index (χ2n) is 5.09. The molecular weight excluding hydrogens is 198 g/mol. The largest absolute Gasteiger partial charge is 0.370 e.